The number of hydrogen-bond acceptors (Lipinski definition) is 3. The topological polar surface area (TPSA) is 52.0 Å². The summed E-state index contributed by atoms with van der Waals surface area (Å²) in [5.41, 5.74) is 8.61. The Morgan fingerprint density at radius 2 is 2.24 bits per heavy atom. The van der Waals surface area contributed by atoms with Gasteiger partial charge in [0.1, 0.15) is 6.26 Å². The summed E-state index contributed by atoms with van der Waals surface area (Å²) in [7, 11) is 0. The predicted octanol–water partition coefficient (Wildman–Crippen LogP) is 2.72. The van der Waals surface area contributed by atoms with Gasteiger partial charge < -0.3 is 10.2 Å². The molecular weight excluding hydrogens is 212 g/mol. The summed E-state index contributed by atoms with van der Waals surface area (Å²) < 4.78 is 5.33. The number of rotatable bonds is 3. The van der Waals surface area contributed by atoms with E-state index in [1.807, 2.05) is 6.07 Å². The van der Waals surface area contributed by atoms with E-state index in [9.17, 15) is 0 Å². The maximum absolute atomic E-state index is 6.09. The van der Waals surface area contributed by atoms with Crippen LogP contribution in [0.4, 0.5) is 0 Å². The van der Waals surface area contributed by atoms with Crippen molar-refractivity contribution in [1.29, 1.82) is 0 Å². The van der Waals surface area contributed by atoms with Gasteiger partial charge in [0.05, 0.1) is 6.20 Å². The lowest BCUT2D eigenvalue weighted by atomic mass is 9.88. The quantitative estimate of drug-likeness (QED) is 0.878. The average Bonchev–Trinajstić information content (AvgIpc) is 2.98. The van der Waals surface area contributed by atoms with Crippen molar-refractivity contribution >= 4 is 0 Å². The fourth-order valence-electron chi connectivity index (χ4n) is 2.47. The van der Waals surface area contributed by atoms with Crippen LogP contribution in [0.25, 0.3) is 11.5 Å². The molecule has 2 aromatic rings. The molecule has 0 aliphatic heterocycles. The third-order valence-corrected chi connectivity index (χ3v) is 3.78. The van der Waals surface area contributed by atoms with Gasteiger partial charge in [0, 0.05) is 17.0 Å². The Bertz CT molecular complexity index is 513. The van der Waals surface area contributed by atoms with E-state index in [4.69, 9.17) is 10.2 Å². The zero-order valence-electron chi connectivity index (χ0n) is 9.89. The van der Waals surface area contributed by atoms with Gasteiger partial charge in [-0.25, -0.2) is 4.98 Å². The lowest BCUT2D eigenvalue weighted by Gasteiger charge is -2.20. The Kier molecular flexibility index (Phi) is 2.30. The van der Waals surface area contributed by atoms with Crippen molar-refractivity contribution in [2.24, 2.45) is 5.73 Å². The fraction of sp³-hybridized carbons (Fsp3) is 0.357. The smallest absolute Gasteiger partial charge is 0.225 e. The third kappa shape index (κ3) is 1.67. The van der Waals surface area contributed by atoms with Gasteiger partial charge in [-0.3, -0.25) is 0 Å². The van der Waals surface area contributed by atoms with Crippen molar-refractivity contribution in [3.05, 3.63) is 42.3 Å². The SMILES string of the molecule is CC(N)C1(c2cccc(-c3ncco3)c2)CC1. The fourth-order valence-corrected chi connectivity index (χ4v) is 2.47. The summed E-state index contributed by atoms with van der Waals surface area (Å²) in [5, 5.41) is 0. The summed E-state index contributed by atoms with van der Waals surface area (Å²) in [6.07, 6.45) is 5.63. The first-order valence-electron chi connectivity index (χ1n) is 5.98. The Balaban J connectivity index is 2.01. The zero-order chi connectivity index (χ0) is 11.9. The van der Waals surface area contributed by atoms with Crippen LogP contribution in [0.1, 0.15) is 25.3 Å². The third-order valence-electron chi connectivity index (χ3n) is 3.78. The molecule has 3 nitrogen and oxygen atoms in total. The van der Waals surface area contributed by atoms with Crippen molar-refractivity contribution < 1.29 is 4.42 Å². The molecule has 1 aliphatic rings. The standard InChI is InChI=1S/C14H16N2O/c1-10(15)14(5-6-14)12-4-2-3-11(9-12)13-16-7-8-17-13/h2-4,7-10H,5-6,15H2,1H3. The molecule has 1 aromatic carbocycles. The molecule has 1 atom stereocenters. The lowest BCUT2D eigenvalue weighted by Crippen LogP contribution is -2.31. The van der Waals surface area contributed by atoms with Gasteiger partial charge in [0.25, 0.3) is 0 Å². The predicted molar refractivity (Wildman–Crippen MR) is 66.5 cm³/mol. The monoisotopic (exact) mass is 228 g/mol. The van der Waals surface area contributed by atoms with Gasteiger partial charge in [-0.2, -0.15) is 0 Å². The number of oxazole rings is 1. The summed E-state index contributed by atoms with van der Waals surface area (Å²) in [6, 6.07) is 8.58. The molecule has 1 saturated carbocycles. The van der Waals surface area contributed by atoms with E-state index >= 15 is 0 Å². The van der Waals surface area contributed by atoms with Gasteiger partial charge >= 0.3 is 0 Å². The summed E-state index contributed by atoms with van der Waals surface area (Å²) in [5.74, 6) is 0.673. The first-order chi connectivity index (χ1) is 8.22. The molecule has 3 heteroatoms. The van der Waals surface area contributed by atoms with E-state index in [-0.39, 0.29) is 11.5 Å². The van der Waals surface area contributed by atoms with Crippen molar-refractivity contribution in [2.75, 3.05) is 0 Å². The van der Waals surface area contributed by atoms with Gasteiger partial charge in [-0.1, -0.05) is 12.1 Å². The molecule has 17 heavy (non-hydrogen) atoms. The number of nitrogens with two attached hydrogens (primary N) is 1. The second kappa shape index (κ2) is 3.70. The van der Waals surface area contributed by atoms with Crippen LogP contribution < -0.4 is 5.73 Å². The van der Waals surface area contributed by atoms with E-state index in [2.05, 4.69) is 30.1 Å². The van der Waals surface area contributed by atoms with E-state index < -0.39 is 0 Å². The van der Waals surface area contributed by atoms with Crippen molar-refractivity contribution in [3.63, 3.8) is 0 Å². The first kappa shape index (κ1) is 10.5. The molecule has 0 radical (unpaired) electrons. The van der Waals surface area contributed by atoms with Gasteiger partial charge in [0.2, 0.25) is 5.89 Å². The maximum atomic E-state index is 6.09. The van der Waals surface area contributed by atoms with Crippen LogP contribution in [0.3, 0.4) is 0 Å². The number of hydrogen-bond donors (Lipinski definition) is 1. The van der Waals surface area contributed by atoms with Crippen LogP contribution in [-0.2, 0) is 5.41 Å². The van der Waals surface area contributed by atoms with Crippen LogP contribution in [-0.4, -0.2) is 11.0 Å². The van der Waals surface area contributed by atoms with Crippen molar-refractivity contribution in [1.82, 2.24) is 4.98 Å². The lowest BCUT2D eigenvalue weighted by molar-refractivity contribution is 0.555. The number of benzene rings is 1. The number of nitrogens with zero attached hydrogens (tertiary/aromatic N) is 1. The maximum Gasteiger partial charge on any atom is 0.225 e. The molecule has 0 saturated heterocycles. The normalized spacial score (nSPS) is 18.9. The molecular formula is C14H16N2O. The van der Waals surface area contributed by atoms with Crippen LogP contribution in [0.5, 0.6) is 0 Å². The van der Waals surface area contributed by atoms with Gasteiger partial charge in [-0.15, -0.1) is 0 Å². The van der Waals surface area contributed by atoms with Crippen molar-refractivity contribution in [3.8, 4) is 11.5 Å². The van der Waals surface area contributed by atoms with Crippen LogP contribution in [0.15, 0.2) is 41.1 Å². The molecule has 2 N–H and O–H groups in total. The summed E-state index contributed by atoms with van der Waals surface area (Å²) in [4.78, 5) is 4.18. The number of aromatic nitrogens is 1. The van der Waals surface area contributed by atoms with Gasteiger partial charge in [-0.05, 0) is 37.5 Å². The molecule has 0 bridgehead atoms. The van der Waals surface area contributed by atoms with Crippen LogP contribution in [0.2, 0.25) is 0 Å². The first-order valence-corrected chi connectivity index (χ1v) is 5.98. The van der Waals surface area contributed by atoms with E-state index in [1.165, 1.54) is 18.4 Å². The molecule has 0 spiro atoms. The minimum Gasteiger partial charge on any atom is -0.445 e. The highest BCUT2D eigenvalue weighted by Gasteiger charge is 2.47. The summed E-state index contributed by atoms with van der Waals surface area (Å²) in [6.45, 7) is 2.09. The highest BCUT2D eigenvalue weighted by atomic mass is 16.3. The Labute approximate surface area is 101 Å². The van der Waals surface area contributed by atoms with E-state index in [0.717, 1.165) is 5.56 Å². The highest BCUT2D eigenvalue weighted by molar-refractivity contribution is 5.56. The van der Waals surface area contributed by atoms with E-state index in [0.29, 0.717) is 5.89 Å². The van der Waals surface area contributed by atoms with Crippen LogP contribution in [0, 0.1) is 0 Å². The molecule has 88 valence electrons. The molecule has 1 unspecified atom stereocenters. The molecule has 1 fully saturated rings. The Morgan fingerprint density at radius 3 is 2.82 bits per heavy atom. The van der Waals surface area contributed by atoms with Crippen molar-refractivity contribution in [2.45, 2.75) is 31.2 Å². The molecule has 1 heterocycles. The van der Waals surface area contributed by atoms with Gasteiger partial charge in [0.15, 0.2) is 0 Å². The second-order valence-corrected chi connectivity index (χ2v) is 4.86. The summed E-state index contributed by atoms with van der Waals surface area (Å²) >= 11 is 0. The molecule has 0 amide bonds. The Hall–Kier alpha value is -1.61. The second-order valence-electron chi connectivity index (χ2n) is 4.86. The average molecular weight is 228 g/mol. The Morgan fingerprint density at radius 1 is 1.41 bits per heavy atom. The minimum absolute atomic E-state index is 0.183. The van der Waals surface area contributed by atoms with Crippen LogP contribution >= 0.6 is 0 Å². The molecule has 1 aromatic heterocycles. The zero-order valence-corrected chi connectivity index (χ0v) is 9.89. The molecule has 3 rings (SSSR count). The largest absolute Gasteiger partial charge is 0.445 e. The van der Waals surface area contributed by atoms with E-state index in [1.54, 1.807) is 12.5 Å². The molecule has 1 aliphatic carbocycles. The highest BCUT2D eigenvalue weighted by Crippen LogP contribution is 2.50. The minimum atomic E-state index is 0.183.